The minimum atomic E-state index is -0.309. The molecule has 0 radical (unpaired) electrons. The van der Waals surface area contributed by atoms with Crippen LogP contribution in [0.25, 0.3) is 10.8 Å². The van der Waals surface area contributed by atoms with Gasteiger partial charge >= 0.3 is 5.97 Å². The third-order valence-electron chi connectivity index (χ3n) is 4.46. The van der Waals surface area contributed by atoms with Crippen LogP contribution in [0.15, 0.2) is 55.0 Å². The molecule has 0 N–H and O–H groups in total. The zero-order valence-electron chi connectivity index (χ0n) is 13.7. The summed E-state index contributed by atoms with van der Waals surface area (Å²) in [6, 6.07) is 11.6. The molecule has 3 aromatic rings. The Morgan fingerprint density at radius 1 is 1.08 bits per heavy atom. The van der Waals surface area contributed by atoms with E-state index in [9.17, 15) is 4.79 Å². The average molecular weight is 334 g/mol. The van der Waals surface area contributed by atoms with Gasteiger partial charge < -0.3 is 9.64 Å². The van der Waals surface area contributed by atoms with Gasteiger partial charge in [0.05, 0.1) is 11.8 Å². The van der Waals surface area contributed by atoms with Gasteiger partial charge in [-0.15, -0.1) is 5.10 Å². The SMILES string of the molecule is O=C(OC1CCN(c2nncc3ccccc23)CC1)c1cccnc1. The third-order valence-corrected chi connectivity index (χ3v) is 4.46. The maximum absolute atomic E-state index is 12.1. The fourth-order valence-corrected chi connectivity index (χ4v) is 3.13. The van der Waals surface area contributed by atoms with Gasteiger partial charge in [0.2, 0.25) is 0 Å². The zero-order valence-corrected chi connectivity index (χ0v) is 13.7. The van der Waals surface area contributed by atoms with Crippen molar-refractivity contribution in [1.82, 2.24) is 15.2 Å². The van der Waals surface area contributed by atoms with Crippen LogP contribution in [0.3, 0.4) is 0 Å². The van der Waals surface area contributed by atoms with Crippen molar-refractivity contribution in [2.75, 3.05) is 18.0 Å². The Morgan fingerprint density at radius 2 is 1.92 bits per heavy atom. The first kappa shape index (κ1) is 15.5. The molecule has 2 aromatic heterocycles. The van der Waals surface area contributed by atoms with Gasteiger partial charge in [-0.3, -0.25) is 4.98 Å². The maximum Gasteiger partial charge on any atom is 0.339 e. The molecule has 1 aliphatic rings. The van der Waals surface area contributed by atoms with E-state index in [-0.39, 0.29) is 12.1 Å². The maximum atomic E-state index is 12.1. The first-order chi connectivity index (χ1) is 12.3. The van der Waals surface area contributed by atoms with Crippen molar-refractivity contribution in [3.05, 3.63) is 60.6 Å². The van der Waals surface area contributed by atoms with Crippen molar-refractivity contribution in [3.8, 4) is 0 Å². The second-order valence-electron chi connectivity index (χ2n) is 6.09. The number of aromatic nitrogens is 3. The van der Waals surface area contributed by atoms with Crippen LogP contribution in [-0.2, 0) is 4.74 Å². The molecule has 0 amide bonds. The molecule has 1 aliphatic heterocycles. The highest BCUT2D eigenvalue weighted by molar-refractivity contribution is 5.91. The van der Waals surface area contributed by atoms with Gasteiger partial charge in [0.15, 0.2) is 5.82 Å². The fraction of sp³-hybridized carbons (Fsp3) is 0.263. The highest BCUT2D eigenvalue weighted by Crippen LogP contribution is 2.26. The van der Waals surface area contributed by atoms with Gasteiger partial charge in [0.25, 0.3) is 0 Å². The second kappa shape index (κ2) is 6.84. The van der Waals surface area contributed by atoms with Crippen LogP contribution in [0.4, 0.5) is 5.82 Å². The summed E-state index contributed by atoms with van der Waals surface area (Å²) in [7, 11) is 0. The van der Waals surface area contributed by atoms with E-state index in [0.717, 1.165) is 42.5 Å². The van der Waals surface area contributed by atoms with Crippen LogP contribution in [0.5, 0.6) is 0 Å². The smallest absolute Gasteiger partial charge is 0.339 e. The number of esters is 1. The molecular weight excluding hydrogens is 316 g/mol. The lowest BCUT2D eigenvalue weighted by Gasteiger charge is -2.32. The van der Waals surface area contributed by atoms with E-state index in [1.807, 2.05) is 18.2 Å². The molecule has 0 spiro atoms. The summed E-state index contributed by atoms with van der Waals surface area (Å²) in [5, 5.41) is 10.6. The van der Waals surface area contributed by atoms with Crippen molar-refractivity contribution in [3.63, 3.8) is 0 Å². The number of carbonyl (C=O) groups is 1. The lowest BCUT2D eigenvalue weighted by Crippen LogP contribution is -2.38. The molecule has 1 saturated heterocycles. The lowest BCUT2D eigenvalue weighted by atomic mass is 10.1. The third kappa shape index (κ3) is 3.28. The van der Waals surface area contributed by atoms with Crippen LogP contribution in [0, 0.1) is 0 Å². The summed E-state index contributed by atoms with van der Waals surface area (Å²) in [6.45, 7) is 1.57. The molecule has 0 bridgehead atoms. The number of fused-ring (bicyclic) bond motifs is 1. The van der Waals surface area contributed by atoms with Crippen LogP contribution < -0.4 is 4.90 Å². The highest BCUT2D eigenvalue weighted by Gasteiger charge is 2.24. The molecular formula is C19H18N4O2. The van der Waals surface area contributed by atoms with E-state index in [0.29, 0.717) is 5.56 Å². The number of pyridine rings is 1. The van der Waals surface area contributed by atoms with Crippen molar-refractivity contribution in [1.29, 1.82) is 0 Å². The molecule has 6 heteroatoms. The predicted octanol–water partition coefficient (Wildman–Crippen LogP) is 2.85. The number of rotatable bonds is 3. The zero-order chi connectivity index (χ0) is 17.1. The normalized spacial score (nSPS) is 15.3. The summed E-state index contributed by atoms with van der Waals surface area (Å²) >= 11 is 0. The Labute approximate surface area is 145 Å². The number of piperidine rings is 1. The van der Waals surface area contributed by atoms with E-state index in [1.54, 1.807) is 24.5 Å². The average Bonchev–Trinajstić information content (AvgIpc) is 2.69. The number of carbonyl (C=O) groups excluding carboxylic acids is 1. The second-order valence-corrected chi connectivity index (χ2v) is 6.09. The number of ether oxygens (including phenoxy) is 1. The van der Waals surface area contributed by atoms with Gasteiger partial charge in [-0.25, -0.2) is 4.79 Å². The molecule has 3 heterocycles. The van der Waals surface area contributed by atoms with E-state index >= 15 is 0 Å². The number of anilines is 1. The van der Waals surface area contributed by atoms with Crippen molar-refractivity contribution >= 4 is 22.6 Å². The minimum absolute atomic E-state index is 0.0770. The Hall–Kier alpha value is -3.02. The van der Waals surface area contributed by atoms with Crippen LogP contribution in [0.2, 0.25) is 0 Å². The van der Waals surface area contributed by atoms with E-state index in [4.69, 9.17) is 4.74 Å². The van der Waals surface area contributed by atoms with E-state index in [1.165, 1.54) is 6.20 Å². The molecule has 0 aliphatic carbocycles. The Bertz CT molecular complexity index is 871. The number of hydrogen-bond acceptors (Lipinski definition) is 6. The first-order valence-corrected chi connectivity index (χ1v) is 8.37. The fourth-order valence-electron chi connectivity index (χ4n) is 3.13. The Kier molecular flexibility index (Phi) is 4.24. The van der Waals surface area contributed by atoms with Gasteiger partial charge in [0, 0.05) is 49.1 Å². The van der Waals surface area contributed by atoms with Crippen LogP contribution >= 0.6 is 0 Å². The first-order valence-electron chi connectivity index (χ1n) is 8.37. The van der Waals surface area contributed by atoms with E-state index < -0.39 is 0 Å². The summed E-state index contributed by atoms with van der Waals surface area (Å²) in [4.78, 5) is 18.3. The highest BCUT2D eigenvalue weighted by atomic mass is 16.5. The Balaban J connectivity index is 1.42. The molecule has 1 aromatic carbocycles. The molecule has 0 atom stereocenters. The van der Waals surface area contributed by atoms with E-state index in [2.05, 4.69) is 26.1 Å². The topological polar surface area (TPSA) is 68.2 Å². The molecule has 126 valence electrons. The summed E-state index contributed by atoms with van der Waals surface area (Å²) in [5.74, 6) is 0.589. The summed E-state index contributed by atoms with van der Waals surface area (Å²) < 4.78 is 5.61. The largest absolute Gasteiger partial charge is 0.459 e. The minimum Gasteiger partial charge on any atom is -0.459 e. The van der Waals surface area contributed by atoms with Gasteiger partial charge in [0.1, 0.15) is 6.10 Å². The molecule has 25 heavy (non-hydrogen) atoms. The molecule has 0 unspecified atom stereocenters. The van der Waals surface area contributed by atoms with Crippen LogP contribution in [0.1, 0.15) is 23.2 Å². The molecule has 4 rings (SSSR count). The van der Waals surface area contributed by atoms with Crippen molar-refractivity contribution in [2.45, 2.75) is 18.9 Å². The standard InChI is InChI=1S/C19H18N4O2/c24-19(15-5-3-9-20-12-15)25-16-7-10-23(11-8-16)18-17-6-2-1-4-14(17)13-21-22-18/h1-6,9,12-13,16H,7-8,10-11H2. The van der Waals surface area contributed by atoms with Crippen molar-refractivity contribution < 1.29 is 9.53 Å². The molecule has 6 nitrogen and oxygen atoms in total. The summed E-state index contributed by atoms with van der Waals surface area (Å²) in [6.07, 6.45) is 6.42. The van der Waals surface area contributed by atoms with Crippen LogP contribution in [-0.4, -0.2) is 40.3 Å². The van der Waals surface area contributed by atoms with Crippen molar-refractivity contribution in [2.24, 2.45) is 0 Å². The number of nitrogens with zero attached hydrogens (tertiary/aromatic N) is 4. The number of hydrogen-bond donors (Lipinski definition) is 0. The Morgan fingerprint density at radius 3 is 2.72 bits per heavy atom. The quantitative estimate of drug-likeness (QED) is 0.686. The van der Waals surface area contributed by atoms with Gasteiger partial charge in [-0.2, -0.15) is 5.10 Å². The number of benzene rings is 1. The monoisotopic (exact) mass is 334 g/mol. The molecule has 0 saturated carbocycles. The predicted molar refractivity (Wildman–Crippen MR) is 94.4 cm³/mol. The van der Waals surface area contributed by atoms with Gasteiger partial charge in [-0.05, 0) is 12.1 Å². The molecule has 1 fully saturated rings. The summed E-state index contributed by atoms with van der Waals surface area (Å²) in [5.41, 5.74) is 0.491. The lowest BCUT2D eigenvalue weighted by molar-refractivity contribution is 0.0244. The van der Waals surface area contributed by atoms with Gasteiger partial charge in [-0.1, -0.05) is 24.3 Å².